The Balaban J connectivity index is 2.61. The van der Waals surface area contributed by atoms with Gasteiger partial charge in [-0.1, -0.05) is 36.4 Å². The number of carboxylic acids is 1. The monoisotopic (exact) mass is 188 g/mol. The Morgan fingerprint density at radius 1 is 1.43 bits per heavy atom. The lowest BCUT2D eigenvalue weighted by Gasteiger charge is -2.27. The molecule has 0 aromatic heterocycles. The first-order chi connectivity index (χ1) is 6.64. The average Bonchev–Trinajstić information content (AvgIpc) is 2.18. The highest BCUT2D eigenvalue weighted by Gasteiger charge is 2.35. The van der Waals surface area contributed by atoms with Crippen molar-refractivity contribution in [3.05, 3.63) is 47.5 Å². The van der Waals surface area contributed by atoms with E-state index in [1.165, 1.54) is 0 Å². The number of carboxylic acid groups (broad SMARTS) is 1. The Morgan fingerprint density at radius 2 is 2.14 bits per heavy atom. The van der Waals surface area contributed by atoms with Gasteiger partial charge in [-0.2, -0.15) is 0 Å². The molecule has 1 N–H and O–H groups in total. The number of rotatable bonds is 1. The minimum absolute atomic E-state index is 0.791. The number of benzene rings is 1. The highest BCUT2D eigenvalue weighted by atomic mass is 16.4. The highest BCUT2D eigenvalue weighted by Crippen LogP contribution is 2.32. The number of aliphatic carboxylic acids is 1. The van der Waals surface area contributed by atoms with Crippen molar-refractivity contribution in [1.82, 2.24) is 0 Å². The zero-order chi connectivity index (χ0) is 10.2. The van der Waals surface area contributed by atoms with Gasteiger partial charge in [-0.3, -0.25) is 4.79 Å². The van der Waals surface area contributed by atoms with Gasteiger partial charge in [-0.25, -0.2) is 0 Å². The van der Waals surface area contributed by atoms with Crippen LogP contribution >= 0.6 is 0 Å². The summed E-state index contributed by atoms with van der Waals surface area (Å²) in [6.07, 6.45) is 4.53. The van der Waals surface area contributed by atoms with Crippen LogP contribution in [0.2, 0.25) is 0 Å². The molecule has 1 aromatic carbocycles. The second-order valence-corrected chi connectivity index (χ2v) is 3.77. The Hall–Kier alpha value is -1.57. The third-order valence-electron chi connectivity index (χ3n) is 2.81. The molecule has 0 fully saturated rings. The van der Waals surface area contributed by atoms with Crippen LogP contribution in [0.3, 0.4) is 0 Å². The van der Waals surface area contributed by atoms with Crippen LogP contribution in [0.1, 0.15) is 18.1 Å². The summed E-state index contributed by atoms with van der Waals surface area (Å²) in [5.74, 6) is -0.791. The Labute approximate surface area is 82.9 Å². The first-order valence-corrected chi connectivity index (χ1v) is 4.64. The fourth-order valence-corrected chi connectivity index (χ4v) is 1.90. The van der Waals surface area contributed by atoms with Crippen molar-refractivity contribution in [2.24, 2.45) is 0 Å². The molecular weight excluding hydrogens is 176 g/mol. The average molecular weight is 188 g/mol. The van der Waals surface area contributed by atoms with E-state index in [-0.39, 0.29) is 0 Å². The van der Waals surface area contributed by atoms with Crippen molar-refractivity contribution < 1.29 is 9.90 Å². The van der Waals surface area contributed by atoms with Crippen molar-refractivity contribution in [2.45, 2.75) is 18.8 Å². The van der Waals surface area contributed by atoms with Crippen molar-refractivity contribution in [2.75, 3.05) is 0 Å². The van der Waals surface area contributed by atoms with Gasteiger partial charge in [-0.15, -0.1) is 0 Å². The summed E-state index contributed by atoms with van der Waals surface area (Å²) >= 11 is 0. The van der Waals surface area contributed by atoms with Gasteiger partial charge in [0.25, 0.3) is 0 Å². The number of hydrogen-bond donors (Lipinski definition) is 1. The van der Waals surface area contributed by atoms with Crippen LogP contribution in [0.5, 0.6) is 0 Å². The van der Waals surface area contributed by atoms with E-state index >= 15 is 0 Å². The van der Waals surface area contributed by atoms with Crippen LogP contribution in [0.25, 0.3) is 0 Å². The summed E-state index contributed by atoms with van der Waals surface area (Å²) < 4.78 is 0. The Bertz CT molecular complexity index is 407. The maximum absolute atomic E-state index is 11.2. The topological polar surface area (TPSA) is 37.3 Å². The zero-order valence-corrected chi connectivity index (χ0v) is 8.03. The Morgan fingerprint density at radius 3 is 2.86 bits per heavy atom. The number of carbonyl (C=O) groups is 1. The summed E-state index contributed by atoms with van der Waals surface area (Å²) in [6, 6.07) is 7.71. The molecule has 0 heterocycles. The van der Waals surface area contributed by atoms with E-state index in [1.54, 1.807) is 13.0 Å². The van der Waals surface area contributed by atoms with E-state index in [0.717, 1.165) is 17.5 Å². The largest absolute Gasteiger partial charge is 0.480 e. The number of allylic oxidation sites excluding steroid dienone is 1. The molecule has 0 amide bonds. The van der Waals surface area contributed by atoms with E-state index in [4.69, 9.17) is 0 Å². The molecule has 0 spiro atoms. The SMILES string of the molecule is CC1(C(=O)O)C=CCc2ccccc21. The van der Waals surface area contributed by atoms with Gasteiger partial charge in [0.15, 0.2) is 0 Å². The minimum atomic E-state index is -0.852. The lowest BCUT2D eigenvalue weighted by atomic mass is 9.76. The van der Waals surface area contributed by atoms with Crippen LogP contribution in [-0.2, 0) is 16.6 Å². The van der Waals surface area contributed by atoms with Crippen molar-refractivity contribution in [1.29, 1.82) is 0 Å². The van der Waals surface area contributed by atoms with Crippen LogP contribution in [0.15, 0.2) is 36.4 Å². The van der Waals surface area contributed by atoms with Gasteiger partial charge in [0, 0.05) is 0 Å². The third-order valence-corrected chi connectivity index (χ3v) is 2.81. The van der Waals surface area contributed by atoms with E-state index in [0.29, 0.717) is 0 Å². The fraction of sp³-hybridized carbons (Fsp3) is 0.250. The van der Waals surface area contributed by atoms with Gasteiger partial charge < -0.3 is 5.11 Å². The molecule has 2 nitrogen and oxygen atoms in total. The molecule has 1 unspecified atom stereocenters. The van der Waals surface area contributed by atoms with E-state index in [2.05, 4.69) is 0 Å². The predicted octanol–water partition coefficient (Wildman–Crippen LogP) is 2.14. The molecule has 0 aliphatic heterocycles. The molecule has 0 saturated carbocycles. The zero-order valence-electron chi connectivity index (χ0n) is 8.03. The van der Waals surface area contributed by atoms with Crippen LogP contribution in [0, 0.1) is 0 Å². The molecule has 0 bridgehead atoms. The normalized spacial score (nSPS) is 24.4. The second kappa shape index (κ2) is 2.98. The standard InChI is InChI=1S/C12H12O2/c1-12(11(13)14)8-4-6-9-5-2-3-7-10(9)12/h2-5,7-8H,6H2,1H3,(H,13,14). The molecule has 1 aromatic rings. The van der Waals surface area contributed by atoms with E-state index < -0.39 is 11.4 Å². The van der Waals surface area contributed by atoms with Crippen LogP contribution < -0.4 is 0 Å². The van der Waals surface area contributed by atoms with Crippen LogP contribution in [-0.4, -0.2) is 11.1 Å². The summed E-state index contributed by atoms with van der Waals surface area (Å²) in [4.78, 5) is 11.2. The molecular formula is C12H12O2. The molecule has 0 saturated heterocycles. The lowest BCUT2D eigenvalue weighted by molar-refractivity contribution is -0.141. The van der Waals surface area contributed by atoms with Crippen molar-refractivity contribution in [3.63, 3.8) is 0 Å². The van der Waals surface area contributed by atoms with Gasteiger partial charge >= 0.3 is 5.97 Å². The smallest absolute Gasteiger partial charge is 0.317 e. The first-order valence-electron chi connectivity index (χ1n) is 4.64. The quantitative estimate of drug-likeness (QED) is 0.685. The molecule has 1 aliphatic carbocycles. The van der Waals surface area contributed by atoms with E-state index in [1.807, 2.05) is 30.3 Å². The van der Waals surface area contributed by atoms with E-state index in [9.17, 15) is 9.90 Å². The molecule has 14 heavy (non-hydrogen) atoms. The minimum Gasteiger partial charge on any atom is -0.480 e. The van der Waals surface area contributed by atoms with Gasteiger partial charge in [0.1, 0.15) is 5.41 Å². The second-order valence-electron chi connectivity index (χ2n) is 3.77. The molecule has 0 radical (unpaired) electrons. The molecule has 2 heteroatoms. The van der Waals surface area contributed by atoms with Gasteiger partial charge in [0.05, 0.1) is 0 Å². The fourth-order valence-electron chi connectivity index (χ4n) is 1.90. The van der Waals surface area contributed by atoms with Gasteiger partial charge in [0.2, 0.25) is 0 Å². The summed E-state index contributed by atoms with van der Waals surface area (Å²) in [6.45, 7) is 1.74. The van der Waals surface area contributed by atoms with Crippen molar-refractivity contribution >= 4 is 5.97 Å². The Kier molecular flexibility index (Phi) is 1.92. The summed E-state index contributed by atoms with van der Waals surface area (Å²) in [5.41, 5.74) is 1.17. The molecule has 72 valence electrons. The molecule has 2 rings (SSSR count). The lowest BCUT2D eigenvalue weighted by Crippen LogP contribution is -2.32. The maximum Gasteiger partial charge on any atom is 0.317 e. The van der Waals surface area contributed by atoms with Gasteiger partial charge in [-0.05, 0) is 24.5 Å². The molecule has 1 aliphatic rings. The predicted molar refractivity (Wildman–Crippen MR) is 54.3 cm³/mol. The number of hydrogen-bond acceptors (Lipinski definition) is 1. The summed E-state index contributed by atoms with van der Waals surface area (Å²) in [7, 11) is 0. The maximum atomic E-state index is 11.2. The van der Waals surface area contributed by atoms with Crippen molar-refractivity contribution in [3.8, 4) is 0 Å². The first kappa shape index (κ1) is 9.00. The van der Waals surface area contributed by atoms with Crippen LogP contribution in [0.4, 0.5) is 0 Å². The highest BCUT2D eigenvalue weighted by molar-refractivity contribution is 5.84. The number of fused-ring (bicyclic) bond motifs is 1. The summed E-state index contributed by atoms with van der Waals surface area (Å²) in [5, 5.41) is 9.19. The molecule has 1 atom stereocenters. The third kappa shape index (κ3) is 1.15.